The van der Waals surface area contributed by atoms with Crippen LogP contribution in [0.25, 0.3) is 10.3 Å². The van der Waals surface area contributed by atoms with Gasteiger partial charge in [-0.1, -0.05) is 11.3 Å². The minimum absolute atomic E-state index is 0.0796. The number of thiazole rings is 1. The number of aromatic nitrogens is 2. The second-order valence-corrected chi connectivity index (χ2v) is 5.82. The van der Waals surface area contributed by atoms with E-state index in [0.29, 0.717) is 12.1 Å². The maximum absolute atomic E-state index is 10.7. The highest BCUT2D eigenvalue weighted by atomic mass is 32.1. The van der Waals surface area contributed by atoms with Crippen molar-refractivity contribution in [3.8, 4) is 0 Å². The summed E-state index contributed by atoms with van der Waals surface area (Å²) in [7, 11) is 0. The summed E-state index contributed by atoms with van der Waals surface area (Å²) < 4.78 is 0. The lowest BCUT2D eigenvalue weighted by molar-refractivity contribution is -0.105. The van der Waals surface area contributed by atoms with Gasteiger partial charge in [0.1, 0.15) is 10.3 Å². The summed E-state index contributed by atoms with van der Waals surface area (Å²) in [6.07, 6.45) is 4.14. The van der Waals surface area contributed by atoms with Gasteiger partial charge in [0.05, 0.1) is 23.5 Å². The fraction of sp³-hybridized carbons (Fsp3) is 0.417. The Morgan fingerprint density at radius 3 is 3.00 bits per heavy atom. The third kappa shape index (κ3) is 1.60. The largest absolute Gasteiger partial charge is 0.395 e. The minimum atomic E-state index is -0.243. The number of carbonyl (C=O) groups excluding carboxylic acids is 1. The van der Waals surface area contributed by atoms with Crippen molar-refractivity contribution in [3.63, 3.8) is 0 Å². The molecular weight excluding hydrogens is 250 g/mol. The van der Waals surface area contributed by atoms with Crippen molar-refractivity contribution in [2.24, 2.45) is 0 Å². The van der Waals surface area contributed by atoms with Gasteiger partial charge in [0.15, 0.2) is 0 Å². The zero-order chi connectivity index (χ0) is 12.8. The fourth-order valence-electron chi connectivity index (χ4n) is 2.33. The van der Waals surface area contributed by atoms with Crippen LogP contribution >= 0.6 is 11.3 Å². The summed E-state index contributed by atoms with van der Waals surface area (Å²) in [4.78, 5) is 20.4. The van der Waals surface area contributed by atoms with Crippen molar-refractivity contribution in [2.45, 2.75) is 25.2 Å². The van der Waals surface area contributed by atoms with Crippen LogP contribution in [0.5, 0.6) is 0 Å². The van der Waals surface area contributed by atoms with Crippen molar-refractivity contribution in [1.29, 1.82) is 0 Å². The van der Waals surface area contributed by atoms with Crippen LogP contribution in [-0.4, -0.2) is 28.1 Å². The average molecular weight is 263 g/mol. The van der Waals surface area contributed by atoms with Gasteiger partial charge in [-0.25, -0.2) is 9.97 Å². The van der Waals surface area contributed by atoms with Gasteiger partial charge in [0.2, 0.25) is 6.41 Å². The Kier molecular flexibility index (Phi) is 2.57. The fourth-order valence-corrected chi connectivity index (χ4v) is 3.10. The number of nitrogens with one attached hydrogen (secondary N) is 1. The summed E-state index contributed by atoms with van der Waals surface area (Å²) in [5.74, 6) is 0. The molecule has 0 unspecified atom stereocenters. The Bertz CT molecular complexity index is 619. The highest BCUT2D eigenvalue weighted by molar-refractivity contribution is 7.18. The van der Waals surface area contributed by atoms with Gasteiger partial charge >= 0.3 is 0 Å². The van der Waals surface area contributed by atoms with E-state index in [-0.39, 0.29) is 12.0 Å². The third-order valence-electron chi connectivity index (χ3n) is 3.43. The topological polar surface area (TPSA) is 75.1 Å². The number of anilines is 1. The highest BCUT2D eigenvalue weighted by Gasteiger charge is 2.47. The summed E-state index contributed by atoms with van der Waals surface area (Å²) in [5.41, 5.74) is 2.17. The van der Waals surface area contributed by atoms with Crippen LogP contribution in [0, 0.1) is 6.92 Å². The summed E-state index contributed by atoms with van der Waals surface area (Å²) in [6, 6.07) is 0. The Balaban J connectivity index is 2.28. The van der Waals surface area contributed by atoms with Gasteiger partial charge in [-0.3, -0.25) is 4.79 Å². The zero-order valence-corrected chi connectivity index (χ0v) is 10.8. The number of hydrogen-bond acceptors (Lipinski definition) is 5. The first-order chi connectivity index (χ1) is 8.70. The normalized spacial score (nSPS) is 16.8. The Labute approximate surface area is 108 Å². The molecule has 0 saturated heterocycles. The molecule has 1 aliphatic rings. The molecule has 18 heavy (non-hydrogen) atoms. The van der Waals surface area contributed by atoms with Crippen LogP contribution in [0.1, 0.15) is 23.4 Å². The minimum Gasteiger partial charge on any atom is -0.395 e. The number of pyridine rings is 1. The molecule has 0 radical (unpaired) electrons. The number of aliphatic hydroxyl groups excluding tert-OH is 1. The predicted octanol–water partition coefficient (Wildman–Crippen LogP) is 1.59. The predicted molar refractivity (Wildman–Crippen MR) is 69.8 cm³/mol. The number of rotatable bonds is 4. The molecule has 2 aromatic rings. The second kappa shape index (κ2) is 4.00. The molecule has 0 atom stereocenters. The number of fused-ring (bicyclic) bond motifs is 1. The maximum Gasteiger partial charge on any atom is 0.211 e. The monoisotopic (exact) mass is 263 g/mol. The van der Waals surface area contributed by atoms with Crippen molar-refractivity contribution in [1.82, 2.24) is 9.97 Å². The van der Waals surface area contributed by atoms with E-state index >= 15 is 0 Å². The molecule has 1 aliphatic carbocycles. The first-order valence-corrected chi connectivity index (χ1v) is 6.59. The molecule has 0 aliphatic heterocycles. The van der Waals surface area contributed by atoms with Crippen molar-refractivity contribution >= 4 is 33.8 Å². The molecule has 6 heteroatoms. The third-order valence-corrected chi connectivity index (χ3v) is 4.31. The smallest absolute Gasteiger partial charge is 0.211 e. The number of nitrogens with zero attached hydrogens (tertiary/aromatic N) is 2. The zero-order valence-electron chi connectivity index (χ0n) is 9.93. The van der Waals surface area contributed by atoms with Crippen LogP contribution in [-0.2, 0) is 10.2 Å². The molecule has 0 aromatic carbocycles. The molecule has 94 valence electrons. The lowest BCUT2D eigenvalue weighted by Crippen LogP contribution is -2.16. The standard InChI is InChI=1S/C12H13N3O2S/c1-7-15-10-9(12(5-16)2-3-12)8(14-6-17)4-13-11(10)18-7/h4,6,16H,2-3,5H2,1H3,(H,14,17). The van der Waals surface area contributed by atoms with Crippen molar-refractivity contribution in [2.75, 3.05) is 11.9 Å². The lowest BCUT2D eigenvalue weighted by Gasteiger charge is -2.16. The van der Waals surface area contributed by atoms with Crippen LogP contribution in [0.3, 0.4) is 0 Å². The van der Waals surface area contributed by atoms with E-state index in [0.717, 1.165) is 33.8 Å². The number of amides is 1. The second-order valence-electron chi connectivity index (χ2n) is 4.63. The number of aliphatic hydroxyl groups is 1. The van der Waals surface area contributed by atoms with E-state index in [1.165, 1.54) is 11.3 Å². The van der Waals surface area contributed by atoms with E-state index in [4.69, 9.17) is 0 Å². The Morgan fingerprint density at radius 2 is 2.39 bits per heavy atom. The molecule has 0 bridgehead atoms. The van der Waals surface area contributed by atoms with Crippen LogP contribution in [0.4, 0.5) is 5.69 Å². The number of carbonyl (C=O) groups is 1. The van der Waals surface area contributed by atoms with Crippen molar-refractivity contribution < 1.29 is 9.90 Å². The maximum atomic E-state index is 10.7. The highest BCUT2D eigenvalue weighted by Crippen LogP contribution is 2.52. The molecule has 5 nitrogen and oxygen atoms in total. The van der Waals surface area contributed by atoms with Gasteiger partial charge in [0, 0.05) is 11.0 Å². The SMILES string of the molecule is Cc1nc2c(C3(CO)CC3)c(NC=O)cnc2s1. The van der Waals surface area contributed by atoms with Gasteiger partial charge in [-0.15, -0.1) is 0 Å². The first-order valence-electron chi connectivity index (χ1n) is 5.78. The van der Waals surface area contributed by atoms with Gasteiger partial charge in [0.25, 0.3) is 0 Å². The van der Waals surface area contributed by atoms with E-state index in [1.807, 2.05) is 6.92 Å². The van der Waals surface area contributed by atoms with E-state index in [2.05, 4.69) is 15.3 Å². The molecule has 3 rings (SSSR count). The lowest BCUT2D eigenvalue weighted by atomic mass is 9.95. The van der Waals surface area contributed by atoms with Crippen LogP contribution in [0.15, 0.2) is 6.20 Å². The molecule has 2 N–H and O–H groups in total. The Morgan fingerprint density at radius 1 is 1.61 bits per heavy atom. The van der Waals surface area contributed by atoms with E-state index in [9.17, 15) is 9.90 Å². The number of aryl methyl sites for hydroxylation is 1. The number of hydrogen-bond donors (Lipinski definition) is 2. The molecule has 2 heterocycles. The van der Waals surface area contributed by atoms with Gasteiger partial charge < -0.3 is 10.4 Å². The molecule has 2 aromatic heterocycles. The quantitative estimate of drug-likeness (QED) is 0.821. The van der Waals surface area contributed by atoms with Crippen molar-refractivity contribution in [3.05, 3.63) is 16.8 Å². The molecule has 1 fully saturated rings. The van der Waals surface area contributed by atoms with E-state index in [1.54, 1.807) is 6.20 Å². The van der Waals surface area contributed by atoms with Crippen LogP contribution in [0.2, 0.25) is 0 Å². The van der Waals surface area contributed by atoms with Crippen LogP contribution < -0.4 is 5.32 Å². The molecule has 1 saturated carbocycles. The summed E-state index contributed by atoms with van der Waals surface area (Å²) >= 11 is 1.53. The molecule has 0 spiro atoms. The molecular formula is C12H13N3O2S. The Hall–Kier alpha value is -1.53. The first kappa shape index (κ1) is 11.6. The average Bonchev–Trinajstić information content (AvgIpc) is 3.05. The van der Waals surface area contributed by atoms with Gasteiger partial charge in [-0.2, -0.15) is 0 Å². The van der Waals surface area contributed by atoms with Gasteiger partial charge in [-0.05, 0) is 19.8 Å². The summed E-state index contributed by atoms with van der Waals surface area (Å²) in [5, 5.41) is 13.2. The molecule has 1 amide bonds. The summed E-state index contributed by atoms with van der Waals surface area (Å²) in [6.45, 7) is 2.01. The van der Waals surface area contributed by atoms with E-state index < -0.39 is 0 Å².